The molecule has 0 aromatic rings. The summed E-state index contributed by atoms with van der Waals surface area (Å²) in [7, 11) is 0. The zero-order chi connectivity index (χ0) is 11.1. The van der Waals surface area contributed by atoms with E-state index in [0.717, 1.165) is 25.7 Å². The molecule has 0 unspecified atom stereocenters. The van der Waals surface area contributed by atoms with Crippen molar-refractivity contribution in [2.45, 2.75) is 50.5 Å². The van der Waals surface area contributed by atoms with Crippen LogP contribution in [0, 0.1) is 12.3 Å². The summed E-state index contributed by atoms with van der Waals surface area (Å²) in [5.41, 5.74) is -0.677. The Balaban J connectivity index is 2.23. The third kappa shape index (κ3) is 4.35. The number of terminal acetylenes is 1. The molecule has 0 aliphatic heterocycles. The van der Waals surface area contributed by atoms with E-state index in [1.807, 2.05) is 0 Å². The minimum Gasteiger partial charge on any atom is -0.388 e. The van der Waals surface area contributed by atoms with E-state index in [0.29, 0.717) is 19.4 Å². The van der Waals surface area contributed by atoms with Gasteiger partial charge in [0.15, 0.2) is 0 Å². The number of hydrogen-bond donors (Lipinski definition) is 2. The fourth-order valence-corrected chi connectivity index (χ4v) is 1.92. The van der Waals surface area contributed by atoms with E-state index in [-0.39, 0.29) is 5.91 Å². The Kier molecular flexibility index (Phi) is 4.64. The maximum Gasteiger partial charge on any atom is 0.221 e. The van der Waals surface area contributed by atoms with Crippen LogP contribution in [0.1, 0.15) is 44.9 Å². The first-order valence-corrected chi connectivity index (χ1v) is 5.59. The standard InChI is InChI=1S/C12H19NO2/c1-2-3-7-11(14)13-10-12(15)8-5-4-6-9-12/h1,15H,3-10H2,(H,13,14). The van der Waals surface area contributed by atoms with E-state index in [1.165, 1.54) is 6.42 Å². The number of amides is 1. The minimum atomic E-state index is -0.677. The van der Waals surface area contributed by atoms with Crippen LogP contribution in [-0.2, 0) is 4.79 Å². The van der Waals surface area contributed by atoms with Crippen LogP contribution in [0.2, 0.25) is 0 Å². The molecule has 0 aromatic heterocycles. The maximum atomic E-state index is 11.3. The maximum absolute atomic E-state index is 11.3. The van der Waals surface area contributed by atoms with Gasteiger partial charge in [-0.25, -0.2) is 0 Å². The van der Waals surface area contributed by atoms with Gasteiger partial charge in [-0.05, 0) is 12.8 Å². The third-order valence-electron chi connectivity index (χ3n) is 2.90. The largest absolute Gasteiger partial charge is 0.388 e. The van der Waals surface area contributed by atoms with Crippen LogP contribution in [-0.4, -0.2) is 23.2 Å². The molecule has 0 saturated heterocycles. The van der Waals surface area contributed by atoms with Crippen molar-refractivity contribution < 1.29 is 9.90 Å². The molecule has 0 heterocycles. The highest BCUT2D eigenvalue weighted by atomic mass is 16.3. The van der Waals surface area contributed by atoms with Crippen molar-refractivity contribution in [3.63, 3.8) is 0 Å². The van der Waals surface area contributed by atoms with E-state index in [4.69, 9.17) is 6.42 Å². The van der Waals surface area contributed by atoms with Crippen molar-refractivity contribution in [1.82, 2.24) is 5.32 Å². The van der Waals surface area contributed by atoms with E-state index in [2.05, 4.69) is 11.2 Å². The first-order valence-electron chi connectivity index (χ1n) is 5.59. The molecule has 1 aliphatic rings. The van der Waals surface area contributed by atoms with Crippen molar-refractivity contribution in [1.29, 1.82) is 0 Å². The van der Waals surface area contributed by atoms with Gasteiger partial charge in [0.1, 0.15) is 0 Å². The lowest BCUT2D eigenvalue weighted by molar-refractivity contribution is -0.122. The molecule has 0 radical (unpaired) electrons. The summed E-state index contributed by atoms with van der Waals surface area (Å²) in [6.45, 7) is 0.371. The molecule has 0 atom stereocenters. The molecule has 1 saturated carbocycles. The van der Waals surface area contributed by atoms with Crippen molar-refractivity contribution in [3.8, 4) is 12.3 Å². The summed E-state index contributed by atoms with van der Waals surface area (Å²) in [4.78, 5) is 11.3. The van der Waals surface area contributed by atoms with Gasteiger partial charge < -0.3 is 10.4 Å². The van der Waals surface area contributed by atoms with Crippen LogP contribution in [0.15, 0.2) is 0 Å². The molecule has 84 valence electrons. The Morgan fingerprint density at radius 3 is 2.67 bits per heavy atom. The Morgan fingerprint density at radius 1 is 1.40 bits per heavy atom. The highest BCUT2D eigenvalue weighted by Crippen LogP contribution is 2.27. The molecule has 1 amide bonds. The molecule has 0 aromatic carbocycles. The molecule has 1 rings (SSSR count). The van der Waals surface area contributed by atoms with Crippen molar-refractivity contribution in [2.24, 2.45) is 0 Å². The number of carbonyl (C=O) groups excluding carboxylic acids is 1. The Morgan fingerprint density at radius 2 is 2.07 bits per heavy atom. The SMILES string of the molecule is C#CCCC(=O)NCC1(O)CCCCC1. The highest BCUT2D eigenvalue weighted by Gasteiger charge is 2.29. The Hall–Kier alpha value is -1.01. The van der Waals surface area contributed by atoms with Gasteiger partial charge in [0, 0.05) is 19.4 Å². The van der Waals surface area contributed by atoms with Crippen molar-refractivity contribution in [3.05, 3.63) is 0 Å². The zero-order valence-corrected chi connectivity index (χ0v) is 9.09. The molecule has 1 aliphatic carbocycles. The van der Waals surface area contributed by atoms with Gasteiger partial charge in [0.2, 0.25) is 5.91 Å². The Labute approximate surface area is 91.3 Å². The summed E-state index contributed by atoms with van der Waals surface area (Å²) in [6.07, 6.45) is 10.8. The summed E-state index contributed by atoms with van der Waals surface area (Å²) < 4.78 is 0. The predicted molar refractivity (Wildman–Crippen MR) is 59.1 cm³/mol. The normalized spacial score (nSPS) is 19.2. The van der Waals surface area contributed by atoms with Crippen LogP contribution in [0.5, 0.6) is 0 Å². The molecule has 15 heavy (non-hydrogen) atoms. The minimum absolute atomic E-state index is 0.0630. The second-order valence-corrected chi connectivity index (χ2v) is 4.27. The fraction of sp³-hybridized carbons (Fsp3) is 0.750. The molecule has 0 spiro atoms. The smallest absolute Gasteiger partial charge is 0.221 e. The van der Waals surface area contributed by atoms with Gasteiger partial charge in [0.25, 0.3) is 0 Å². The second kappa shape index (κ2) is 5.77. The Bertz CT molecular complexity index is 249. The van der Waals surface area contributed by atoms with E-state index in [9.17, 15) is 9.90 Å². The van der Waals surface area contributed by atoms with Crippen LogP contribution < -0.4 is 5.32 Å². The van der Waals surface area contributed by atoms with E-state index in [1.54, 1.807) is 0 Å². The lowest BCUT2D eigenvalue weighted by atomic mass is 9.85. The van der Waals surface area contributed by atoms with Gasteiger partial charge >= 0.3 is 0 Å². The number of hydrogen-bond acceptors (Lipinski definition) is 2. The molecule has 3 heteroatoms. The molecule has 3 nitrogen and oxygen atoms in total. The lowest BCUT2D eigenvalue weighted by Crippen LogP contribution is -2.44. The van der Waals surface area contributed by atoms with Crippen molar-refractivity contribution in [2.75, 3.05) is 6.54 Å². The molecular weight excluding hydrogens is 190 g/mol. The average Bonchev–Trinajstić information content (AvgIpc) is 2.25. The zero-order valence-electron chi connectivity index (χ0n) is 9.09. The quantitative estimate of drug-likeness (QED) is 0.684. The van der Waals surface area contributed by atoms with Gasteiger partial charge in [-0.1, -0.05) is 19.3 Å². The topological polar surface area (TPSA) is 49.3 Å². The van der Waals surface area contributed by atoms with Gasteiger partial charge in [-0.2, -0.15) is 0 Å². The summed E-state index contributed by atoms with van der Waals surface area (Å²) in [5.74, 6) is 2.36. The molecule has 1 fully saturated rings. The van der Waals surface area contributed by atoms with Crippen LogP contribution in [0.4, 0.5) is 0 Å². The predicted octanol–water partition coefficient (Wildman–Crippen LogP) is 1.21. The molecule has 0 bridgehead atoms. The summed E-state index contributed by atoms with van der Waals surface area (Å²) in [6, 6.07) is 0. The number of rotatable bonds is 4. The van der Waals surface area contributed by atoms with Gasteiger partial charge in [-0.15, -0.1) is 12.3 Å². The first-order chi connectivity index (χ1) is 7.16. The van der Waals surface area contributed by atoms with E-state index >= 15 is 0 Å². The van der Waals surface area contributed by atoms with E-state index < -0.39 is 5.60 Å². The van der Waals surface area contributed by atoms with Crippen LogP contribution in [0.25, 0.3) is 0 Å². The first kappa shape index (κ1) is 12.1. The third-order valence-corrected chi connectivity index (χ3v) is 2.90. The number of nitrogens with one attached hydrogen (secondary N) is 1. The molecule has 2 N–H and O–H groups in total. The highest BCUT2D eigenvalue weighted by molar-refractivity contribution is 5.76. The van der Waals surface area contributed by atoms with Gasteiger partial charge in [0.05, 0.1) is 5.60 Å². The van der Waals surface area contributed by atoms with Crippen molar-refractivity contribution >= 4 is 5.91 Å². The monoisotopic (exact) mass is 209 g/mol. The average molecular weight is 209 g/mol. The van der Waals surface area contributed by atoms with Crippen LogP contribution in [0.3, 0.4) is 0 Å². The summed E-state index contributed by atoms with van der Waals surface area (Å²) >= 11 is 0. The lowest BCUT2D eigenvalue weighted by Gasteiger charge is -2.32. The second-order valence-electron chi connectivity index (χ2n) is 4.27. The summed E-state index contributed by atoms with van der Waals surface area (Å²) in [5, 5.41) is 12.8. The molecular formula is C12H19NO2. The number of aliphatic hydroxyl groups is 1. The fourth-order valence-electron chi connectivity index (χ4n) is 1.92. The van der Waals surface area contributed by atoms with Gasteiger partial charge in [-0.3, -0.25) is 4.79 Å². The number of carbonyl (C=O) groups is 1. The van der Waals surface area contributed by atoms with Crippen LogP contribution >= 0.6 is 0 Å².